The first-order valence-electron chi connectivity index (χ1n) is 12.4. The molecule has 3 aliphatic carbocycles. The summed E-state index contributed by atoms with van der Waals surface area (Å²) >= 11 is 0. The van der Waals surface area contributed by atoms with Gasteiger partial charge in [0.1, 0.15) is 18.2 Å². The summed E-state index contributed by atoms with van der Waals surface area (Å²) < 4.78 is 6.45. The fourth-order valence-corrected chi connectivity index (χ4v) is 6.37. The molecule has 6 heteroatoms. The average Bonchev–Trinajstić information content (AvgIpc) is 2.83. The Morgan fingerprint density at radius 2 is 1.94 bits per heavy atom. The first-order valence-corrected chi connectivity index (χ1v) is 12.4. The van der Waals surface area contributed by atoms with Crippen LogP contribution < -0.4 is 4.74 Å². The highest BCUT2D eigenvalue weighted by Crippen LogP contribution is 2.53. The Hall–Kier alpha value is -3.15. The van der Waals surface area contributed by atoms with Crippen molar-refractivity contribution < 1.29 is 14.3 Å². The van der Waals surface area contributed by atoms with E-state index in [2.05, 4.69) is 11.9 Å². The Balaban J connectivity index is 1.56. The summed E-state index contributed by atoms with van der Waals surface area (Å²) in [4.78, 5) is 39.4. The van der Waals surface area contributed by atoms with Crippen LogP contribution in [-0.4, -0.2) is 33.1 Å². The molecule has 3 aromatic rings. The number of pyridine rings is 1. The Morgan fingerprint density at radius 1 is 1.12 bits per heavy atom. The van der Waals surface area contributed by atoms with Gasteiger partial charge in [-0.3, -0.25) is 9.78 Å². The number of rotatable bonds is 4. The Kier molecular flexibility index (Phi) is 5.01. The van der Waals surface area contributed by atoms with E-state index in [0.29, 0.717) is 18.1 Å². The average molecular weight is 456 g/mol. The van der Waals surface area contributed by atoms with Crippen LogP contribution in [0.2, 0.25) is 0 Å². The third-order valence-corrected chi connectivity index (χ3v) is 8.48. The van der Waals surface area contributed by atoms with Crippen molar-refractivity contribution in [1.82, 2.24) is 15.0 Å². The van der Waals surface area contributed by atoms with Crippen molar-refractivity contribution in [2.75, 3.05) is 0 Å². The van der Waals surface area contributed by atoms with Gasteiger partial charge in [0.15, 0.2) is 5.82 Å². The number of fused-ring (bicyclic) bond motifs is 4. The van der Waals surface area contributed by atoms with Gasteiger partial charge in [0.05, 0.1) is 17.1 Å². The minimum atomic E-state index is -0.585. The molecule has 0 spiro atoms. The molecule has 2 aromatic heterocycles. The number of ketones is 1. The summed E-state index contributed by atoms with van der Waals surface area (Å²) in [5.41, 5.74) is 3.44. The highest BCUT2D eigenvalue weighted by Gasteiger charge is 2.53. The third-order valence-electron chi connectivity index (χ3n) is 8.48. The number of aldehydes is 1. The van der Waals surface area contributed by atoms with E-state index in [0.717, 1.165) is 59.7 Å². The lowest BCUT2D eigenvalue weighted by atomic mass is 9.54. The van der Waals surface area contributed by atoms with Gasteiger partial charge >= 0.3 is 0 Å². The standard InChI is InChI=1S/C28H29N3O3/c1-16-22-11-10-21-25(28(22,2)14-17(15-32)24(16)33)30-26(31-27(21)34-18-6-5-7-18)20-12-13-29-23-9-4-3-8-19(20)23/h3-4,8-9,12-13,15-18,22H,5-7,10-11,14H2,1-2H3/t16-,17?,22-,28-/m1/s1. The Labute approximate surface area is 199 Å². The maximum Gasteiger partial charge on any atom is 0.220 e. The predicted molar refractivity (Wildman–Crippen MR) is 129 cm³/mol. The number of hydrogen-bond donors (Lipinski definition) is 0. The molecular weight excluding hydrogens is 426 g/mol. The lowest BCUT2D eigenvalue weighted by Gasteiger charge is -2.49. The van der Waals surface area contributed by atoms with E-state index in [1.165, 1.54) is 6.42 Å². The maximum atomic E-state index is 12.9. The van der Waals surface area contributed by atoms with Gasteiger partial charge in [-0.05, 0) is 56.6 Å². The molecular formula is C28H29N3O3. The van der Waals surface area contributed by atoms with Crippen LogP contribution in [0.5, 0.6) is 5.88 Å². The summed E-state index contributed by atoms with van der Waals surface area (Å²) in [5, 5.41) is 0.995. The highest BCUT2D eigenvalue weighted by molar-refractivity contribution is 5.96. The summed E-state index contributed by atoms with van der Waals surface area (Å²) in [6.07, 6.45) is 8.26. The molecule has 6 nitrogen and oxygen atoms in total. The van der Waals surface area contributed by atoms with Crippen LogP contribution in [0.3, 0.4) is 0 Å². The predicted octanol–water partition coefficient (Wildman–Crippen LogP) is 4.87. The molecule has 1 unspecified atom stereocenters. The second-order valence-corrected chi connectivity index (χ2v) is 10.4. The fourth-order valence-electron chi connectivity index (χ4n) is 6.37. The van der Waals surface area contributed by atoms with Gasteiger partial charge < -0.3 is 9.53 Å². The maximum absolute atomic E-state index is 12.9. The lowest BCUT2D eigenvalue weighted by molar-refractivity contribution is -0.137. The zero-order valence-corrected chi connectivity index (χ0v) is 19.7. The third kappa shape index (κ3) is 3.18. The van der Waals surface area contributed by atoms with Crippen LogP contribution in [-0.2, 0) is 21.4 Å². The number of carbonyl (C=O) groups is 2. The number of benzene rings is 1. The number of hydrogen-bond acceptors (Lipinski definition) is 6. The highest BCUT2D eigenvalue weighted by atomic mass is 16.5. The molecule has 4 atom stereocenters. The van der Waals surface area contributed by atoms with Crippen LogP contribution in [0.1, 0.15) is 57.2 Å². The molecule has 174 valence electrons. The topological polar surface area (TPSA) is 82.0 Å². The molecule has 0 amide bonds. The molecule has 0 N–H and O–H groups in total. The van der Waals surface area contributed by atoms with Crippen LogP contribution in [0, 0.1) is 17.8 Å². The van der Waals surface area contributed by atoms with E-state index in [-0.39, 0.29) is 29.1 Å². The largest absolute Gasteiger partial charge is 0.474 e. The van der Waals surface area contributed by atoms with Crippen molar-refractivity contribution in [2.24, 2.45) is 17.8 Å². The number of Topliss-reactive ketones (excluding diaryl/α,β-unsaturated/α-hetero) is 1. The molecule has 6 rings (SSSR count). The monoisotopic (exact) mass is 455 g/mol. The van der Waals surface area contributed by atoms with Crippen molar-refractivity contribution in [2.45, 2.75) is 63.9 Å². The number of para-hydroxylation sites is 1. The van der Waals surface area contributed by atoms with Gasteiger partial charge in [0.2, 0.25) is 5.88 Å². The van der Waals surface area contributed by atoms with Crippen LogP contribution in [0.4, 0.5) is 0 Å². The van der Waals surface area contributed by atoms with Crippen LogP contribution in [0.25, 0.3) is 22.3 Å². The molecule has 0 radical (unpaired) electrons. The van der Waals surface area contributed by atoms with Gasteiger partial charge in [-0.25, -0.2) is 4.98 Å². The minimum Gasteiger partial charge on any atom is -0.474 e. The zero-order valence-electron chi connectivity index (χ0n) is 19.7. The molecule has 0 bridgehead atoms. The van der Waals surface area contributed by atoms with Crippen LogP contribution in [0.15, 0.2) is 36.5 Å². The van der Waals surface area contributed by atoms with E-state index < -0.39 is 5.92 Å². The van der Waals surface area contributed by atoms with E-state index >= 15 is 0 Å². The first-order chi connectivity index (χ1) is 16.5. The van der Waals surface area contributed by atoms with Crippen molar-refractivity contribution >= 4 is 23.0 Å². The number of ether oxygens (including phenoxy) is 1. The number of carbonyl (C=O) groups excluding carboxylic acids is 2. The molecule has 0 aliphatic heterocycles. The van der Waals surface area contributed by atoms with Crippen molar-refractivity contribution in [3.8, 4) is 17.3 Å². The normalized spacial score (nSPS) is 28.6. The van der Waals surface area contributed by atoms with E-state index in [1.54, 1.807) is 6.20 Å². The molecule has 2 heterocycles. The summed E-state index contributed by atoms with van der Waals surface area (Å²) in [6, 6.07) is 9.97. The molecule has 2 fully saturated rings. The number of aromatic nitrogens is 3. The first kappa shape index (κ1) is 21.4. The van der Waals surface area contributed by atoms with E-state index in [1.807, 2.05) is 37.3 Å². The SMILES string of the molecule is C[C@H]1C(=O)C(C=O)C[C@@]2(C)c3nc(-c4ccnc5ccccc45)nc(OC4CCC4)c3CC[C@H]12. The fraction of sp³-hybridized carbons (Fsp3) is 0.464. The van der Waals surface area contributed by atoms with E-state index in [9.17, 15) is 9.59 Å². The quantitative estimate of drug-likeness (QED) is 0.412. The second-order valence-electron chi connectivity index (χ2n) is 10.4. The Bertz CT molecular complexity index is 1300. The molecule has 2 saturated carbocycles. The van der Waals surface area contributed by atoms with Gasteiger partial charge in [-0.15, -0.1) is 0 Å². The summed E-state index contributed by atoms with van der Waals surface area (Å²) in [6.45, 7) is 4.17. The van der Waals surface area contributed by atoms with E-state index in [4.69, 9.17) is 14.7 Å². The van der Waals surface area contributed by atoms with Gasteiger partial charge in [-0.2, -0.15) is 4.98 Å². The molecule has 0 saturated heterocycles. The molecule has 3 aliphatic rings. The van der Waals surface area contributed by atoms with Gasteiger partial charge in [0.25, 0.3) is 0 Å². The Morgan fingerprint density at radius 3 is 2.71 bits per heavy atom. The van der Waals surface area contributed by atoms with Crippen molar-refractivity contribution in [1.29, 1.82) is 0 Å². The summed E-state index contributed by atoms with van der Waals surface area (Å²) in [7, 11) is 0. The van der Waals surface area contributed by atoms with Crippen molar-refractivity contribution in [3.63, 3.8) is 0 Å². The van der Waals surface area contributed by atoms with Gasteiger partial charge in [0, 0.05) is 34.0 Å². The van der Waals surface area contributed by atoms with Crippen LogP contribution >= 0.6 is 0 Å². The van der Waals surface area contributed by atoms with Crippen molar-refractivity contribution in [3.05, 3.63) is 47.8 Å². The molecule has 34 heavy (non-hydrogen) atoms. The van der Waals surface area contributed by atoms with Gasteiger partial charge in [-0.1, -0.05) is 32.0 Å². The minimum absolute atomic E-state index is 0.0706. The second kappa shape index (κ2) is 7.97. The smallest absolute Gasteiger partial charge is 0.220 e. The summed E-state index contributed by atoms with van der Waals surface area (Å²) in [5.74, 6) is 0.772. The zero-order chi connectivity index (χ0) is 23.4. The molecule has 1 aromatic carbocycles. The number of nitrogens with zero attached hydrogens (tertiary/aromatic N) is 3. The lowest BCUT2D eigenvalue weighted by Crippen LogP contribution is -2.51.